The summed E-state index contributed by atoms with van der Waals surface area (Å²) in [5.74, 6) is -0.448. The maximum Gasteiger partial charge on any atom is 0.340 e. The molecule has 0 saturated heterocycles. The molecule has 4 nitrogen and oxygen atoms in total. The monoisotopic (exact) mass is 298 g/mol. The molecule has 3 aromatic rings. The van der Waals surface area contributed by atoms with Crippen molar-refractivity contribution in [1.29, 1.82) is 0 Å². The molecule has 0 amide bonds. The summed E-state index contributed by atoms with van der Waals surface area (Å²) in [7, 11) is 1.35. The lowest BCUT2D eigenvalue weighted by Gasteiger charge is -2.09. The van der Waals surface area contributed by atoms with Crippen LogP contribution in [0.4, 0.5) is 0 Å². The predicted octanol–water partition coefficient (Wildman–Crippen LogP) is 3.74. The van der Waals surface area contributed by atoms with Crippen LogP contribution in [0.2, 0.25) is 5.02 Å². The minimum Gasteiger partial charge on any atom is -0.465 e. The predicted molar refractivity (Wildman–Crippen MR) is 81.3 cm³/mol. The van der Waals surface area contributed by atoms with Crippen LogP contribution in [0.15, 0.2) is 48.5 Å². The van der Waals surface area contributed by atoms with Gasteiger partial charge in [-0.1, -0.05) is 48.0 Å². The molecule has 0 aliphatic rings. The molecule has 0 aliphatic carbocycles. The Morgan fingerprint density at radius 2 is 1.86 bits per heavy atom. The van der Waals surface area contributed by atoms with E-state index in [-0.39, 0.29) is 0 Å². The molecular weight excluding hydrogens is 288 g/mol. The number of rotatable bonds is 2. The van der Waals surface area contributed by atoms with Gasteiger partial charge in [0.2, 0.25) is 0 Å². The Morgan fingerprint density at radius 3 is 2.57 bits per heavy atom. The Labute approximate surface area is 126 Å². The first-order valence-corrected chi connectivity index (χ1v) is 6.68. The second kappa shape index (κ2) is 5.50. The van der Waals surface area contributed by atoms with Crippen LogP contribution >= 0.6 is 11.6 Å². The van der Waals surface area contributed by atoms with Crippen molar-refractivity contribution in [3.63, 3.8) is 0 Å². The maximum absolute atomic E-state index is 12.2. The van der Waals surface area contributed by atoms with Crippen molar-refractivity contribution in [3.05, 3.63) is 59.1 Å². The van der Waals surface area contributed by atoms with Crippen molar-refractivity contribution in [2.75, 3.05) is 7.11 Å². The zero-order chi connectivity index (χ0) is 14.8. The normalized spacial score (nSPS) is 10.6. The number of hydrogen-bond donors (Lipinski definition) is 0. The summed E-state index contributed by atoms with van der Waals surface area (Å²) < 4.78 is 4.90. The van der Waals surface area contributed by atoms with Gasteiger partial charge in [0.25, 0.3) is 0 Å². The summed E-state index contributed by atoms with van der Waals surface area (Å²) in [5, 5.41) is 9.54. The number of nitrogens with zero attached hydrogens (tertiary/aromatic N) is 2. The molecule has 0 bridgehead atoms. The number of hydrogen-bond acceptors (Lipinski definition) is 4. The Balaban J connectivity index is 2.35. The zero-order valence-electron chi connectivity index (χ0n) is 11.2. The second-order valence-electron chi connectivity index (χ2n) is 4.44. The van der Waals surface area contributed by atoms with E-state index in [4.69, 9.17) is 16.3 Å². The Hall–Kier alpha value is -2.46. The number of esters is 1. The molecule has 0 radical (unpaired) electrons. The molecule has 3 rings (SSSR count). The number of carbonyl (C=O) groups is 1. The minimum absolute atomic E-state index is 0.394. The van der Waals surface area contributed by atoms with E-state index in [0.29, 0.717) is 27.2 Å². The number of ether oxygens (including phenoxy) is 1. The van der Waals surface area contributed by atoms with Crippen molar-refractivity contribution >= 4 is 28.5 Å². The van der Waals surface area contributed by atoms with Crippen LogP contribution in [-0.2, 0) is 4.74 Å². The zero-order valence-corrected chi connectivity index (χ0v) is 12.0. The fourth-order valence-electron chi connectivity index (χ4n) is 2.19. The Morgan fingerprint density at radius 1 is 1.10 bits per heavy atom. The van der Waals surface area contributed by atoms with E-state index in [0.717, 1.165) is 5.56 Å². The molecule has 0 aliphatic heterocycles. The van der Waals surface area contributed by atoms with Gasteiger partial charge in [-0.3, -0.25) is 0 Å². The van der Waals surface area contributed by atoms with Gasteiger partial charge in [-0.2, -0.15) is 0 Å². The van der Waals surface area contributed by atoms with Gasteiger partial charge in [-0.15, -0.1) is 10.2 Å². The van der Waals surface area contributed by atoms with Gasteiger partial charge < -0.3 is 4.74 Å². The molecule has 0 fully saturated rings. The first-order valence-electron chi connectivity index (χ1n) is 6.30. The highest BCUT2D eigenvalue weighted by Gasteiger charge is 2.19. The van der Waals surface area contributed by atoms with Gasteiger partial charge in [0.1, 0.15) is 5.69 Å². The van der Waals surface area contributed by atoms with Crippen molar-refractivity contribution in [2.24, 2.45) is 0 Å². The topological polar surface area (TPSA) is 52.1 Å². The number of halogens is 1. The molecular formula is C16H11ClN2O2. The molecule has 5 heteroatoms. The summed E-state index contributed by atoms with van der Waals surface area (Å²) >= 11 is 5.96. The number of aromatic nitrogens is 2. The van der Waals surface area contributed by atoms with Gasteiger partial charge in [0, 0.05) is 16.0 Å². The average Bonchev–Trinajstić information content (AvgIpc) is 2.53. The summed E-state index contributed by atoms with van der Waals surface area (Å²) in [4.78, 5) is 12.2. The second-order valence-corrected chi connectivity index (χ2v) is 4.88. The molecule has 2 aromatic carbocycles. The van der Waals surface area contributed by atoms with Crippen LogP contribution in [0.25, 0.3) is 22.2 Å². The van der Waals surface area contributed by atoms with Crippen molar-refractivity contribution < 1.29 is 9.53 Å². The fourth-order valence-corrected chi connectivity index (χ4v) is 2.35. The summed E-state index contributed by atoms with van der Waals surface area (Å²) in [6.45, 7) is 0. The molecule has 21 heavy (non-hydrogen) atoms. The van der Waals surface area contributed by atoms with Gasteiger partial charge >= 0.3 is 5.97 Å². The maximum atomic E-state index is 12.2. The smallest absolute Gasteiger partial charge is 0.340 e. The minimum atomic E-state index is -0.448. The van der Waals surface area contributed by atoms with Gasteiger partial charge in [-0.25, -0.2) is 4.79 Å². The molecule has 1 aromatic heterocycles. The quantitative estimate of drug-likeness (QED) is 0.676. The highest BCUT2D eigenvalue weighted by atomic mass is 35.5. The van der Waals surface area contributed by atoms with E-state index in [1.807, 2.05) is 30.3 Å². The fraction of sp³-hybridized carbons (Fsp3) is 0.0625. The first-order chi connectivity index (χ1) is 10.2. The number of fused-ring (bicyclic) bond motifs is 1. The molecule has 0 atom stereocenters. The molecule has 0 N–H and O–H groups in total. The molecule has 0 saturated carbocycles. The van der Waals surface area contributed by atoms with Crippen LogP contribution in [-0.4, -0.2) is 23.3 Å². The first kappa shape index (κ1) is 13.5. The highest BCUT2D eigenvalue weighted by molar-refractivity contribution is 6.31. The van der Waals surface area contributed by atoms with Gasteiger partial charge in [0.05, 0.1) is 18.2 Å². The summed E-state index contributed by atoms with van der Waals surface area (Å²) in [6, 6.07) is 14.5. The Bertz CT molecular complexity index is 819. The number of carbonyl (C=O) groups excluding carboxylic acids is 1. The van der Waals surface area contributed by atoms with E-state index in [1.165, 1.54) is 7.11 Å². The summed E-state index contributed by atoms with van der Waals surface area (Å²) in [5.41, 5.74) is 2.26. The lowest BCUT2D eigenvalue weighted by Crippen LogP contribution is -2.07. The third kappa shape index (κ3) is 2.45. The molecule has 104 valence electrons. The standard InChI is InChI=1S/C16H11ClN2O2/c1-21-16(20)14-12-8-7-11(17)9-13(12)18-19-15(14)10-5-3-2-4-6-10/h2-9H,1H3. The van der Waals surface area contributed by atoms with Crippen LogP contribution in [0, 0.1) is 0 Å². The van der Waals surface area contributed by atoms with Crippen molar-refractivity contribution in [1.82, 2.24) is 10.2 Å². The van der Waals surface area contributed by atoms with Gasteiger partial charge in [-0.05, 0) is 12.1 Å². The van der Waals surface area contributed by atoms with E-state index in [2.05, 4.69) is 10.2 Å². The van der Waals surface area contributed by atoms with Crippen molar-refractivity contribution in [3.8, 4) is 11.3 Å². The van der Waals surface area contributed by atoms with E-state index in [9.17, 15) is 4.79 Å². The SMILES string of the molecule is COC(=O)c1c(-c2ccccc2)nnc2cc(Cl)ccc12. The lowest BCUT2D eigenvalue weighted by atomic mass is 10.0. The van der Waals surface area contributed by atoms with Crippen LogP contribution < -0.4 is 0 Å². The van der Waals surface area contributed by atoms with E-state index >= 15 is 0 Å². The number of benzene rings is 2. The molecule has 0 unspecified atom stereocenters. The van der Waals surface area contributed by atoms with Crippen LogP contribution in [0.3, 0.4) is 0 Å². The van der Waals surface area contributed by atoms with Crippen LogP contribution in [0.1, 0.15) is 10.4 Å². The van der Waals surface area contributed by atoms with Crippen LogP contribution in [0.5, 0.6) is 0 Å². The lowest BCUT2D eigenvalue weighted by molar-refractivity contribution is 0.0603. The molecule has 0 spiro atoms. The highest BCUT2D eigenvalue weighted by Crippen LogP contribution is 2.28. The largest absolute Gasteiger partial charge is 0.465 e. The third-order valence-corrected chi connectivity index (χ3v) is 3.40. The third-order valence-electron chi connectivity index (χ3n) is 3.16. The number of methoxy groups -OCH3 is 1. The molecule has 1 heterocycles. The summed E-state index contributed by atoms with van der Waals surface area (Å²) in [6.07, 6.45) is 0. The Kier molecular flexibility index (Phi) is 3.54. The van der Waals surface area contributed by atoms with Gasteiger partial charge in [0.15, 0.2) is 0 Å². The average molecular weight is 299 g/mol. The van der Waals surface area contributed by atoms with E-state index < -0.39 is 5.97 Å². The van der Waals surface area contributed by atoms with E-state index in [1.54, 1.807) is 18.2 Å². The van der Waals surface area contributed by atoms with Crippen molar-refractivity contribution in [2.45, 2.75) is 0 Å².